The zero-order chi connectivity index (χ0) is 13.2. The minimum Gasteiger partial charge on any atom is -0.374 e. The number of amides is 1. The number of H-pyrrole nitrogens is 1. The summed E-state index contributed by atoms with van der Waals surface area (Å²) in [7, 11) is 0. The first-order chi connectivity index (χ1) is 8.52. The molecule has 6 nitrogen and oxygen atoms in total. The molecular formula is C12H20N4O2. The van der Waals surface area contributed by atoms with Gasteiger partial charge in [-0.3, -0.25) is 9.89 Å². The van der Waals surface area contributed by atoms with Crippen LogP contribution in [0.3, 0.4) is 0 Å². The van der Waals surface area contributed by atoms with Crippen LogP contribution in [0.5, 0.6) is 0 Å². The molecule has 100 valence electrons. The summed E-state index contributed by atoms with van der Waals surface area (Å²) in [6.45, 7) is 6.86. The maximum atomic E-state index is 11.8. The van der Waals surface area contributed by atoms with E-state index in [2.05, 4.69) is 20.5 Å². The number of aromatic amines is 1. The van der Waals surface area contributed by atoms with Crippen LogP contribution in [0.1, 0.15) is 56.0 Å². The van der Waals surface area contributed by atoms with Crippen LogP contribution in [0.15, 0.2) is 0 Å². The second-order valence-corrected chi connectivity index (χ2v) is 5.19. The van der Waals surface area contributed by atoms with E-state index in [4.69, 9.17) is 4.74 Å². The third-order valence-corrected chi connectivity index (χ3v) is 2.88. The van der Waals surface area contributed by atoms with Gasteiger partial charge in [0.2, 0.25) is 5.82 Å². The molecule has 1 amide bonds. The highest BCUT2D eigenvalue weighted by atomic mass is 16.5. The highest BCUT2D eigenvalue weighted by Crippen LogP contribution is 2.37. The maximum absolute atomic E-state index is 11.8. The number of carbonyl (C=O) groups excluding carboxylic acids is 1. The van der Waals surface area contributed by atoms with Gasteiger partial charge in [0.15, 0.2) is 0 Å². The summed E-state index contributed by atoms with van der Waals surface area (Å²) in [6, 6.07) is 0. The Kier molecular flexibility index (Phi) is 3.65. The molecule has 2 rings (SSSR count). The van der Waals surface area contributed by atoms with Crippen molar-refractivity contribution in [2.45, 2.75) is 45.1 Å². The molecular weight excluding hydrogens is 232 g/mol. The van der Waals surface area contributed by atoms with Gasteiger partial charge in [0.05, 0.1) is 5.60 Å². The fourth-order valence-corrected chi connectivity index (χ4v) is 1.73. The average molecular weight is 252 g/mol. The number of carbonyl (C=O) groups is 1. The largest absolute Gasteiger partial charge is 0.374 e. The minimum absolute atomic E-state index is 0.212. The lowest BCUT2D eigenvalue weighted by molar-refractivity contribution is -0.00821. The molecule has 0 bridgehead atoms. The van der Waals surface area contributed by atoms with Crippen molar-refractivity contribution < 1.29 is 9.53 Å². The number of ether oxygens (including phenoxy) is 1. The quantitative estimate of drug-likeness (QED) is 0.798. The monoisotopic (exact) mass is 252 g/mol. The van der Waals surface area contributed by atoms with Crippen molar-refractivity contribution in [2.24, 2.45) is 0 Å². The summed E-state index contributed by atoms with van der Waals surface area (Å²) >= 11 is 0. The molecule has 1 aromatic rings. The van der Waals surface area contributed by atoms with E-state index in [1.807, 2.05) is 20.8 Å². The fraction of sp³-hybridized carbons (Fsp3) is 0.750. The number of hydrogen-bond donors (Lipinski definition) is 2. The number of nitrogens with one attached hydrogen (secondary N) is 2. The van der Waals surface area contributed by atoms with Gasteiger partial charge < -0.3 is 10.1 Å². The SMILES string of the molecule is CCOC(C)(C)CNC(=O)c1n[nH]c(C2CC2)n1. The lowest BCUT2D eigenvalue weighted by Crippen LogP contribution is -2.40. The van der Waals surface area contributed by atoms with Crippen LogP contribution in [0.25, 0.3) is 0 Å². The van der Waals surface area contributed by atoms with Gasteiger partial charge in [0.25, 0.3) is 5.91 Å². The van der Waals surface area contributed by atoms with Gasteiger partial charge in [-0.05, 0) is 33.6 Å². The Labute approximate surface area is 107 Å². The molecule has 0 aliphatic heterocycles. The molecule has 1 aliphatic carbocycles. The van der Waals surface area contributed by atoms with Crippen molar-refractivity contribution in [2.75, 3.05) is 13.2 Å². The van der Waals surface area contributed by atoms with Crippen LogP contribution < -0.4 is 5.32 Å². The summed E-state index contributed by atoms with van der Waals surface area (Å²) in [4.78, 5) is 16.0. The van der Waals surface area contributed by atoms with E-state index < -0.39 is 0 Å². The standard InChI is InChI=1S/C12H20N4O2/c1-4-18-12(2,3)7-13-11(17)10-14-9(15-16-10)8-5-6-8/h8H,4-7H2,1-3H3,(H,13,17)(H,14,15,16). The van der Waals surface area contributed by atoms with Crippen molar-refractivity contribution in [3.05, 3.63) is 11.6 Å². The smallest absolute Gasteiger partial charge is 0.291 e. The van der Waals surface area contributed by atoms with Gasteiger partial charge in [-0.1, -0.05) is 0 Å². The molecule has 1 fully saturated rings. The number of hydrogen-bond acceptors (Lipinski definition) is 4. The molecule has 0 aromatic carbocycles. The van der Waals surface area contributed by atoms with Gasteiger partial charge in [0.1, 0.15) is 5.82 Å². The van der Waals surface area contributed by atoms with Crippen LogP contribution in [-0.4, -0.2) is 39.8 Å². The van der Waals surface area contributed by atoms with Gasteiger partial charge in [-0.2, -0.15) is 0 Å². The van der Waals surface area contributed by atoms with Gasteiger partial charge in [0, 0.05) is 19.1 Å². The highest BCUT2D eigenvalue weighted by Gasteiger charge is 2.28. The van der Waals surface area contributed by atoms with E-state index in [9.17, 15) is 4.79 Å². The lowest BCUT2D eigenvalue weighted by atomic mass is 10.1. The molecule has 0 atom stereocenters. The maximum Gasteiger partial charge on any atom is 0.291 e. The Balaban J connectivity index is 1.86. The molecule has 6 heteroatoms. The molecule has 2 N–H and O–H groups in total. The van der Waals surface area contributed by atoms with Crippen molar-refractivity contribution in [1.29, 1.82) is 0 Å². The molecule has 0 saturated heterocycles. The lowest BCUT2D eigenvalue weighted by Gasteiger charge is -2.24. The van der Waals surface area contributed by atoms with E-state index in [1.165, 1.54) is 0 Å². The molecule has 1 aliphatic rings. The molecule has 1 heterocycles. The van der Waals surface area contributed by atoms with Crippen LogP contribution in [-0.2, 0) is 4.74 Å². The van der Waals surface area contributed by atoms with Crippen LogP contribution in [0.4, 0.5) is 0 Å². The van der Waals surface area contributed by atoms with Gasteiger partial charge in [-0.25, -0.2) is 4.98 Å². The highest BCUT2D eigenvalue weighted by molar-refractivity contribution is 5.90. The summed E-state index contributed by atoms with van der Waals surface area (Å²) in [5.41, 5.74) is -0.375. The third kappa shape index (κ3) is 3.29. The molecule has 1 saturated carbocycles. The molecule has 0 spiro atoms. The van der Waals surface area contributed by atoms with Gasteiger partial charge in [-0.15, -0.1) is 5.10 Å². The predicted molar refractivity (Wildman–Crippen MR) is 66.4 cm³/mol. The first-order valence-corrected chi connectivity index (χ1v) is 6.36. The Bertz CT molecular complexity index is 423. The van der Waals surface area contributed by atoms with Crippen LogP contribution in [0, 0.1) is 0 Å². The zero-order valence-corrected chi connectivity index (χ0v) is 11.1. The van der Waals surface area contributed by atoms with E-state index in [0.29, 0.717) is 19.1 Å². The summed E-state index contributed by atoms with van der Waals surface area (Å²) in [5, 5.41) is 9.54. The Morgan fingerprint density at radius 2 is 2.28 bits per heavy atom. The second kappa shape index (κ2) is 5.06. The summed E-state index contributed by atoms with van der Waals surface area (Å²) < 4.78 is 5.51. The van der Waals surface area contributed by atoms with Crippen LogP contribution >= 0.6 is 0 Å². The van der Waals surface area contributed by atoms with Crippen molar-refractivity contribution in [3.63, 3.8) is 0 Å². The van der Waals surface area contributed by atoms with Crippen molar-refractivity contribution in [1.82, 2.24) is 20.5 Å². The first-order valence-electron chi connectivity index (χ1n) is 6.36. The van der Waals surface area contributed by atoms with Crippen molar-refractivity contribution in [3.8, 4) is 0 Å². The normalized spacial score (nSPS) is 15.7. The zero-order valence-electron chi connectivity index (χ0n) is 11.1. The Hall–Kier alpha value is -1.43. The van der Waals surface area contributed by atoms with E-state index in [1.54, 1.807) is 0 Å². The summed E-state index contributed by atoms with van der Waals surface area (Å²) in [5.74, 6) is 1.25. The number of aromatic nitrogens is 3. The van der Waals surface area contributed by atoms with E-state index >= 15 is 0 Å². The van der Waals surface area contributed by atoms with Crippen molar-refractivity contribution >= 4 is 5.91 Å². The van der Waals surface area contributed by atoms with Gasteiger partial charge >= 0.3 is 0 Å². The fourth-order valence-electron chi connectivity index (χ4n) is 1.73. The van der Waals surface area contributed by atoms with Crippen LogP contribution in [0.2, 0.25) is 0 Å². The van der Waals surface area contributed by atoms with E-state index in [0.717, 1.165) is 18.7 Å². The number of nitrogens with zero attached hydrogens (tertiary/aromatic N) is 2. The Morgan fingerprint density at radius 1 is 1.56 bits per heavy atom. The third-order valence-electron chi connectivity index (χ3n) is 2.88. The first kappa shape index (κ1) is 13.0. The Morgan fingerprint density at radius 3 is 2.89 bits per heavy atom. The minimum atomic E-state index is -0.375. The topological polar surface area (TPSA) is 79.9 Å². The molecule has 0 radical (unpaired) electrons. The average Bonchev–Trinajstić information content (AvgIpc) is 3.04. The number of rotatable bonds is 6. The summed E-state index contributed by atoms with van der Waals surface area (Å²) in [6.07, 6.45) is 2.27. The molecule has 0 unspecified atom stereocenters. The second-order valence-electron chi connectivity index (χ2n) is 5.19. The predicted octanol–water partition coefficient (Wildman–Crippen LogP) is 1.23. The van der Waals surface area contributed by atoms with E-state index in [-0.39, 0.29) is 17.3 Å². The molecule has 18 heavy (non-hydrogen) atoms. The molecule has 1 aromatic heterocycles.